The quantitative estimate of drug-likeness (QED) is 0.583. The first-order chi connectivity index (χ1) is 10.1. The SMILES string of the molecule is O=C(N/N=C/C(Br)=C/c1ccccc1)c1ccc(Br)cc1. The first kappa shape index (κ1) is 15.7. The zero-order valence-corrected chi connectivity index (χ0v) is 14.1. The monoisotopic (exact) mass is 406 g/mol. The average molecular weight is 408 g/mol. The van der Waals surface area contributed by atoms with Crippen molar-refractivity contribution in [3.8, 4) is 0 Å². The van der Waals surface area contributed by atoms with Crippen LogP contribution in [-0.4, -0.2) is 12.1 Å². The van der Waals surface area contributed by atoms with Crippen LogP contribution in [0, 0.1) is 0 Å². The maximum absolute atomic E-state index is 11.8. The van der Waals surface area contributed by atoms with Gasteiger partial charge in [0.05, 0.1) is 6.21 Å². The molecule has 1 N–H and O–H groups in total. The molecule has 0 aromatic heterocycles. The van der Waals surface area contributed by atoms with Crippen LogP contribution in [0.5, 0.6) is 0 Å². The Labute approximate surface area is 140 Å². The maximum Gasteiger partial charge on any atom is 0.271 e. The Morgan fingerprint density at radius 1 is 1.05 bits per heavy atom. The molecule has 0 radical (unpaired) electrons. The van der Waals surface area contributed by atoms with Crippen molar-refractivity contribution in [1.29, 1.82) is 0 Å². The van der Waals surface area contributed by atoms with Gasteiger partial charge in [0, 0.05) is 14.5 Å². The van der Waals surface area contributed by atoms with E-state index >= 15 is 0 Å². The van der Waals surface area contributed by atoms with Crippen LogP contribution in [0.1, 0.15) is 15.9 Å². The van der Waals surface area contributed by atoms with Crippen LogP contribution in [0.15, 0.2) is 68.7 Å². The summed E-state index contributed by atoms with van der Waals surface area (Å²) < 4.78 is 1.70. The van der Waals surface area contributed by atoms with Gasteiger partial charge in [0.25, 0.3) is 5.91 Å². The number of hydrogen-bond donors (Lipinski definition) is 1. The summed E-state index contributed by atoms with van der Waals surface area (Å²) >= 11 is 6.71. The van der Waals surface area contributed by atoms with Crippen molar-refractivity contribution in [2.75, 3.05) is 0 Å². The number of allylic oxidation sites excluding steroid dienone is 1. The Morgan fingerprint density at radius 3 is 2.38 bits per heavy atom. The van der Waals surface area contributed by atoms with Crippen LogP contribution < -0.4 is 5.43 Å². The van der Waals surface area contributed by atoms with Gasteiger partial charge in [-0.2, -0.15) is 5.10 Å². The van der Waals surface area contributed by atoms with Gasteiger partial charge in [-0.05, 0) is 51.8 Å². The van der Waals surface area contributed by atoms with E-state index in [1.54, 1.807) is 18.3 Å². The van der Waals surface area contributed by atoms with E-state index in [1.807, 2.05) is 48.5 Å². The molecular formula is C16H12Br2N2O. The zero-order valence-electron chi connectivity index (χ0n) is 11.0. The minimum absolute atomic E-state index is 0.251. The van der Waals surface area contributed by atoms with Gasteiger partial charge in [-0.25, -0.2) is 5.43 Å². The molecule has 2 aromatic rings. The lowest BCUT2D eigenvalue weighted by Crippen LogP contribution is -2.17. The molecule has 0 bridgehead atoms. The van der Waals surface area contributed by atoms with E-state index in [0.717, 1.165) is 14.5 Å². The van der Waals surface area contributed by atoms with Crippen molar-refractivity contribution < 1.29 is 4.79 Å². The molecule has 0 aliphatic carbocycles. The summed E-state index contributed by atoms with van der Waals surface area (Å²) in [6.07, 6.45) is 3.46. The third-order valence-electron chi connectivity index (χ3n) is 2.56. The lowest BCUT2D eigenvalue weighted by molar-refractivity contribution is 0.0955. The minimum atomic E-state index is -0.251. The molecule has 2 aromatic carbocycles. The molecule has 0 unspecified atom stereocenters. The standard InChI is InChI=1S/C16H12Br2N2O/c17-14-8-6-13(7-9-14)16(21)20-19-11-15(18)10-12-4-2-1-3-5-12/h1-11H,(H,20,21)/b15-10-,19-11+. The number of halogens is 2. The van der Waals surface area contributed by atoms with Crippen molar-refractivity contribution in [1.82, 2.24) is 5.43 Å². The number of rotatable bonds is 4. The van der Waals surface area contributed by atoms with E-state index in [2.05, 4.69) is 42.4 Å². The molecule has 3 nitrogen and oxygen atoms in total. The maximum atomic E-state index is 11.8. The van der Waals surface area contributed by atoms with Gasteiger partial charge in [-0.3, -0.25) is 4.79 Å². The summed E-state index contributed by atoms with van der Waals surface area (Å²) in [5.74, 6) is -0.251. The highest BCUT2D eigenvalue weighted by atomic mass is 79.9. The summed E-state index contributed by atoms with van der Waals surface area (Å²) in [6, 6.07) is 16.9. The van der Waals surface area contributed by atoms with Gasteiger partial charge in [0.15, 0.2) is 0 Å². The van der Waals surface area contributed by atoms with Gasteiger partial charge in [-0.15, -0.1) is 0 Å². The number of hydrogen-bond acceptors (Lipinski definition) is 2. The molecule has 0 saturated carbocycles. The molecular weight excluding hydrogens is 396 g/mol. The summed E-state index contributed by atoms with van der Waals surface area (Å²) in [5.41, 5.74) is 4.08. The van der Waals surface area contributed by atoms with E-state index in [-0.39, 0.29) is 5.91 Å². The van der Waals surface area contributed by atoms with Crippen molar-refractivity contribution in [2.45, 2.75) is 0 Å². The van der Waals surface area contributed by atoms with E-state index in [0.29, 0.717) is 5.56 Å². The molecule has 1 amide bonds. The number of carbonyl (C=O) groups is 1. The van der Waals surface area contributed by atoms with Gasteiger partial charge in [0.2, 0.25) is 0 Å². The molecule has 0 spiro atoms. The number of nitrogens with one attached hydrogen (secondary N) is 1. The Morgan fingerprint density at radius 2 is 1.71 bits per heavy atom. The van der Waals surface area contributed by atoms with E-state index in [9.17, 15) is 4.79 Å². The molecule has 0 saturated heterocycles. The highest BCUT2D eigenvalue weighted by Gasteiger charge is 2.02. The van der Waals surface area contributed by atoms with Crippen molar-refractivity contribution >= 4 is 50.1 Å². The van der Waals surface area contributed by atoms with E-state index < -0.39 is 0 Å². The normalized spacial score (nSPS) is 11.6. The molecule has 0 heterocycles. The van der Waals surface area contributed by atoms with Gasteiger partial charge >= 0.3 is 0 Å². The zero-order chi connectivity index (χ0) is 15.1. The minimum Gasteiger partial charge on any atom is -0.267 e. The van der Waals surface area contributed by atoms with Crippen LogP contribution >= 0.6 is 31.9 Å². The molecule has 0 aliphatic rings. The second-order valence-electron chi connectivity index (χ2n) is 4.15. The van der Waals surface area contributed by atoms with Gasteiger partial charge in [-0.1, -0.05) is 46.3 Å². The van der Waals surface area contributed by atoms with E-state index in [1.165, 1.54) is 0 Å². The molecule has 0 aliphatic heterocycles. The summed E-state index contributed by atoms with van der Waals surface area (Å²) in [5, 5.41) is 3.91. The highest BCUT2D eigenvalue weighted by Crippen LogP contribution is 2.11. The average Bonchev–Trinajstić information content (AvgIpc) is 2.49. The van der Waals surface area contributed by atoms with Crippen LogP contribution in [0.2, 0.25) is 0 Å². The van der Waals surface area contributed by atoms with E-state index in [4.69, 9.17) is 0 Å². The number of amides is 1. The second kappa shape index (κ2) is 7.90. The molecule has 21 heavy (non-hydrogen) atoms. The third kappa shape index (κ3) is 5.28. The highest BCUT2D eigenvalue weighted by molar-refractivity contribution is 9.12. The van der Waals surface area contributed by atoms with Crippen LogP contribution in [0.4, 0.5) is 0 Å². The smallest absolute Gasteiger partial charge is 0.267 e. The summed E-state index contributed by atoms with van der Waals surface area (Å²) in [6.45, 7) is 0. The molecule has 0 atom stereocenters. The van der Waals surface area contributed by atoms with Crippen molar-refractivity contribution in [2.24, 2.45) is 5.10 Å². The van der Waals surface area contributed by atoms with Gasteiger partial charge < -0.3 is 0 Å². The van der Waals surface area contributed by atoms with Crippen molar-refractivity contribution in [3.05, 3.63) is 74.7 Å². The molecule has 106 valence electrons. The number of benzene rings is 2. The molecule has 0 fully saturated rings. The topological polar surface area (TPSA) is 41.5 Å². The summed E-state index contributed by atoms with van der Waals surface area (Å²) in [4.78, 5) is 11.8. The number of carbonyl (C=O) groups excluding carboxylic acids is 1. The van der Waals surface area contributed by atoms with Crippen molar-refractivity contribution in [3.63, 3.8) is 0 Å². The largest absolute Gasteiger partial charge is 0.271 e. The Hall–Kier alpha value is -1.72. The fourth-order valence-corrected chi connectivity index (χ4v) is 2.20. The molecule has 5 heteroatoms. The van der Waals surface area contributed by atoms with Crippen LogP contribution in [0.25, 0.3) is 6.08 Å². The fourth-order valence-electron chi connectivity index (χ4n) is 1.56. The summed E-state index contributed by atoms with van der Waals surface area (Å²) in [7, 11) is 0. The second-order valence-corrected chi connectivity index (χ2v) is 5.98. The van der Waals surface area contributed by atoms with Crippen LogP contribution in [-0.2, 0) is 0 Å². The molecule has 2 rings (SSSR count). The Kier molecular flexibility index (Phi) is 5.90. The lowest BCUT2D eigenvalue weighted by atomic mass is 10.2. The Balaban J connectivity index is 1.94. The first-order valence-corrected chi connectivity index (χ1v) is 7.75. The Bertz CT molecular complexity index is 664. The number of hydrazone groups is 1. The van der Waals surface area contributed by atoms with Crippen LogP contribution in [0.3, 0.4) is 0 Å². The predicted molar refractivity (Wildman–Crippen MR) is 93.4 cm³/mol. The number of nitrogens with zero attached hydrogens (tertiary/aromatic N) is 1. The first-order valence-electron chi connectivity index (χ1n) is 6.16. The van der Waals surface area contributed by atoms with Gasteiger partial charge in [0.1, 0.15) is 0 Å². The lowest BCUT2D eigenvalue weighted by Gasteiger charge is -1.99. The fraction of sp³-hybridized carbons (Fsp3) is 0. The predicted octanol–water partition coefficient (Wildman–Crippen LogP) is 4.60. The third-order valence-corrected chi connectivity index (χ3v) is 3.53.